The summed E-state index contributed by atoms with van der Waals surface area (Å²) in [5, 5.41) is 3.23. The Morgan fingerprint density at radius 1 is 1.47 bits per heavy atom. The van der Waals surface area contributed by atoms with Gasteiger partial charge in [0.05, 0.1) is 13.7 Å². The van der Waals surface area contributed by atoms with E-state index in [-0.39, 0.29) is 18.1 Å². The van der Waals surface area contributed by atoms with E-state index in [2.05, 4.69) is 11.4 Å². The SMILES string of the molecule is COc1ccc2c(c1)[C@H]1OC(=O)CN[C@@H]1CC2. The fraction of sp³-hybridized carbons (Fsp3) is 0.462. The van der Waals surface area contributed by atoms with Crippen LogP contribution in [0.5, 0.6) is 5.75 Å². The van der Waals surface area contributed by atoms with E-state index in [1.165, 1.54) is 5.56 Å². The molecule has 0 radical (unpaired) electrons. The number of hydrogen-bond donors (Lipinski definition) is 1. The molecule has 1 fully saturated rings. The summed E-state index contributed by atoms with van der Waals surface area (Å²) < 4.78 is 10.7. The molecule has 1 heterocycles. The van der Waals surface area contributed by atoms with Gasteiger partial charge in [0.25, 0.3) is 0 Å². The van der Waals surface area contributed by atoms with Gasteiger partial charge in [-0.05, 0) is 30.5 Å². The number of benzene rings is 1. The predicted octanol–water partition coefficient (Wildman–Crippen LogP) is 1.20. The lowest BCUT2D eigenvalue weighted by Gasteiger charge is -2.37. The minimum Gasteiger partial charge on any atom is -0.497 e. The number of fused-ring (bicyclic) bond motifs is 3. The summed E-state index contributed by atoms with van der Waals surface area (Å²) in [6.07, 6.45) is 1.87. The van der Waals surface area contributed by atoms with Crippen LogP contribution in [0, 0.1) is 0 Å². The highest BCUT2D eigenvalue weighted by atomic mass is 16.5. The van der Waals surface area contributed by atoms with Crippen molar-refractivity contribution in [3.05, 3.63) is 29.3 Å². The number of hydrogen-bond acceptors (Lipinski definition) is 4. The van der Waals surface area contributed by atoms with Gasteiger partial charge < -0.3 is 14.8 Å². The molecule has 1 aromatic rings. The largest absolute Gasteiger partial charge is 0.497 e. The van der Waals surface area contributed by atoms with Gasteiger partial charge >= 0.3 is 5.97 Å². The lowest BCUT2D eigenvalue weighted by molar-refractivity contribution is -0.155. The molecule has 0 unspecified atom stereocenters. The Hall–Kier alpha value is -1.55. The van der Waals surface area contributed by atoms with Crippen molar-refractivity contribution in [2.45, 2.75) is 25.0 Å². The normalized spacial score (nSPS) is 26.8. The maximum atomic E-state index is 11.4. The maximum Gasteiger partial charge on any atom is 0.320 e. The molecule has 3 rings (SSSR count). The maximum absolute atomic E-state index is 11.4. The van der Waals surface area contributed by atoms with Gasteiger partial charge in [-0.1, -0.05) is 6.07 Å². The average molecular weight is 233 g/mol. The standard InChI is InChI=1S/C13H15NO3/c1-16-9-4-2-8-3-5-11-13(10(8)6-9)17-12(15)7-14-11/h2,4,6,11,13-14H,3,5,7H2,1H3/t11-,13-/m1/s1. The Balaban J connectivity index is 2.00. The molecule has 2 atom stereocenters. The Morgan fingerprint density at radius 3 is 3.18 bits per heavy atom. The molecule has 1 aromatic carbocycles. The summed E-state index contributed by atoms with van der Waals surface area (Å²) in [7, 11) is 1.65. The minimum absolute atomic E-state index is 0.157. The summed E-state index contributed by atoms with van der Waals surface area (Å²) >= 11 is 0. The number of carbonyl (C=O) groups is 1. The summed E-state index contributed by atoms with van der Waals surface area (Å²) in [5.74, 6) is 0.632. The van der Waals surface area contributed by atoms with Crippen LogP contribution >= 0.6 is 0 Å². The zero-order chi connectivity index (χ0) is 11.8. The second kappa shape index (κ2) is 4.04. The van der Waals surface area contributed by atoms with Crippen LogP contribution in [0.1, 0.15) is 23.7 Å². The van der Waals surface area contributed by atoms with E-state index in [0.717, 1.165) is 24.2 Å². The first-order valence-electron chi connectivity index (χ1n) is 5.87. The molecule has 4 nitrogen and oxygen atoms in total. The lowest BCUT2D eigenvalue weighted by atomic mass is 9.85. The lowest BCUT2D eigenvalue weighted by Crippen LogP contribution is -2.48. The molecule has 0 amide bonds. The van der Waals surface area contributed by atoms with Crippen LogP contribution in [-0.4, -0.2) is 25.7 Å². The number of aryl methyl sites for hydroxylation is 1. The quantitative estimate of drug-likeness (QED) is 0.740. The molecule has 0 saturated carbocycles. The highest BCUT2D eigenvalue weighted by Crippen LogP contribution is 2.36. The Bertz CT molecular complexity index is 458. The van der Waals surface area contributed by atoms with Crippen molar-refractivity contribution in [1.82, 2.24) is 5.32 Å². The highest BCUT2D eigenvalue weighted by molar-refractivity contribution is 5.73. The third-order valence-electron chi connectivity index (χ3n) is 3.52. The summed E-state index contributed by atoms with van der Waals surface area (Å²) in [6.45, 7) is 0.320. The van der Waals surface area contributed by atoms with E-state index in [1.807, 2.05) is 12.1 Å². The van der Waals surface area contributed by atoms with Gasteiger partial charge in [-0.3, -0.25) is 4.79 Å². The molecule has 0 aromatic heterocycles. The predicted molar refractivity (Wildman–Crippen MR) is 61.9 cm³/mol. The number of morpholine rings is 1. The fourth-order valence-electron chi connectivity index (χ4n) is 2.62. The van der Waals surface area contributed by atoms with Gasteiger partial charge in [-0.15, -0.1) is 0 Å². The minimum atomic E-state index is -0.179. The van der Waals surface area contributed by atoms with E-state index in [9.17, 15) is 4.79 Å². The average Bonchev–Trinajstić information content (AvgIpc) is 2.38. The third-order valence-corrected chi connectivity index (χ3v) is 3.52. The molecule has 1 saturated heterocycles. The Morgan fingerprint density at radius 2 is 2.35 bits per heavy atom. The highest BCUT2D eigenvalue weighted by Gasteiger charge is 2.36. The molecule has 1 aliphatic carbocycles. The van der Waals surface area contributed by atoms with Crippen molar-refractivity contribution >= 4 is 5.97 Å². The van der Waals surface area contributed by atoms with Crippen LogP contribution < -0.4 is 10.1 Å². The van der Waals surface area contributed by atoms with Crippen LogP contribution in [0.15, 0.2) is 18.2 Å². The van der Waals surface area contributed by atoms with Crippen molar-refractivity contribution in [3.63, 3.8) is 0 Å². The smallest absolute Gasteiger partial charge is 0.320 e. The topological polar surface area (TPSA) is 47.6 Å². The molecule has 0 bridgehead atoms. The van der Waals surface area contributed by atoms with Crippen molar-refractivity contribution in [2.24, 2.45) is 0 Å². The van der Waals surface area contributed by atoms with Gasteiger partial charge in [0.2, 0.25) is 0 Å². The zero-order valence-electron chi connectivity index (χ0n) is 9.73. The van der Waals surface area contributed by atoms with Crippen LogP contribution in [0.2, 0.25) is 0 Å². The summed E-state index contributed by atoms with van der Waals surface area (Å²) in [5.41, 5.74) is 2.34. The van der Waals surface area contributed by atoms with E-state index in [1.54, 1.807) is 7.11 Å². The van der Waals surface area contributed by atoms with Gasteiger partial charge in [0.1, 0.15) is 11.9 Å². The number of esters is 1. The van der Waals surface area contributed by atoms with Crippen molar-refractivity contribution < 1.29 is 14.3 Å². The first kappa shape index (κ1) is 10.6. The zero-order valence-corrected chi connectivity index (χ0v) is 9.73. The number of ether oxygens (including phenoxy) is 2. The Labute approximate surface area is 99.9 Å². The molecule has 2 aliphatic rings. The van der Waals surface area contributed by atoms with Gasteiger partial charge in [0.15, 0.2) is 0 Å². The van der Waals surface area contributed by atoms with Gasteiger partial charge in [-0.25, -0.2) is 0 Å². The van der Waals surface area contributed by atoms with Crippen LogP contribution in [0.3, 0.4) is 0 Å². The molecule has 90 valence electrons. The van der Waals surface area contributed by atoms with Crippen molar-refractivity contribution in [2.75, 3.05) is 13.7 Å². The van der Waals surface area contributed by atoms with E-state index in [4.69, 9.17) is 9.47 Å². The molecule has 4 heteroatoms. The first-order valence-corrected chi connectivity index (χ1v) is 5.87. The molecular weight excluding hydrogens is 218 g/mol. The van der Waals surface area contributed by atoms with Crippen molar-refractivity contribution in [3.8, 4) is 5.75 Å². The molecule has 0 spiro atoms. The Kier molecular flexibility index (Phi) is 2.52. The van der Waals surface area contributed by atoms with E-state index < -0.39 is 0 Å². The molecule has 1 aliphatic heterocycles. The van der Waals surface area contributed by atoms with Crippen molar-refractivity contribution in [1.29, 1.82) is 0 Å². The van der Waals surface area contributed by atoms with Crippen LogP contribution in [0.4, 0.5) is 0 Å². The number of nitrogens with one attached hydrogen (secondary N) is 1. The molecule has 17 heavy (non-hydrogen) atoms. The molecular formula is C13H15NO3. The second-order valence-corrected chi connectivity index (χ2v) is 4.50. The summed E-state index contributed by atoms with van der Waals surface area (Å²) in [6, 6.07) is 6.24. The van der Waals surface area contributed by atoms with Gasteiger partial charge in [0, 0.05) is 11.6 Å². The second-order valence-electron chi connectivity index (χ2n) is 4.50. The molecule has 1 N–H and O–H groups in total. The number of carbonyl (C=O) groups excluding carboxylic acids is 1. The number of rotatable bonds is 1. The monoisotopic (exact) mass is 233 g/mol. The van der Waals surface area contributed by atoms with E-state index in [0.29, 0.717) is 6.54 Å². The van der Waals surface area contributed by atoms with Gasteiger partial charge in [-0.2, -0.15) is 0 Å². The van der Waals surface area contributed by atoms with Crippen LogP contribution in [0.25, 0.3) is 0 Å². The fourth-order valence-corrected chi connectivity index (χ4v) is 2.62. The third kappa shape index (κ3) is 1.78. The van der Waals surface area contributed by atoms with Crippen LogP contribution in [-0.2, 0) is 16.0 Å². The number of methoxy groups -OCH3 is 1. The first-order chi connectivity index (χ1) is 8.28. The van der Waals surface area contributed by atoms with E-state index >= 15 is 0 Å². The summed E-state index contributed by atoms with van der Waals surface area (Å²) in [4.78, 5) is 11.4.